The summed E-state index contributed by atoms with van der Waals surface area (Å²) in [6.45, 7) is 1.04. The highest BCUT2D eigenvalue weighted by molar-refractivity contribution is 6.36. The van der Waals surface area contributed by atoms with Crippen molar-refractivity contribution in [1.82, 2.24) is 4.90 Å². The van der Waals surface area contributed by atoms with Crippen LogP contribution in [-0.4, -0.2) is 24.0 Å². The molecule has 0 aromatic rings. The number of rotatable bonds is 4. The highest BCUT2D eigenvalue weighted by atomic mass is 35.5. The van der Waals surface area contributed by atoms with Gasteiger partial charge in [0.25, 0.3) is 0 Å². The molecule has 78 valence electrons. The molecule has 0 saturated heterocycles. The van der Waals surface area contributed by atoms with E-state index in [0.29, 0.717) is 24.2 Å². The van der Waals surface area contributed by atoms with E-state index in [9.17, 15) is 0 Å². The zero-order valence-electron chi connectivity index (χ0n) is 8.05. The molecule has 1 fully saturated rings. The van der Waals surface area contributed by atoms with Crippen molar-refractivity contribution in [2.75, 3.05) is 13.1 Å². The minimum Gasteiger partial charge on any atom is -0.282 e. The van der Waals surface area contributed by atoms with Crippen molar-refractivity contribution in [3.05, 3.63) is 10.6 Å². The molecule has 0 bridgehead atoms. The van der Waals surface area contributed by atoms with E-state index in [1.807, 2.05) is 0 Å². The Morgan fingerprint density at radius 1 is 1.50 bits per heavy atom. The van der Waals surface area contributed by atoms with E-state index in [0.717, 1.165) is 0 Å². The van der Waals surface area contributed by atoms with Crippen molar-refractivity contribution in [2.24, 2.45) is 0 Å². The molecule has 1 rings (SSSR count). The van der Waals surface area contributed by atoms with Crippen LogP contribution in [0.25, 0.3) is 0 Å². The summed E-state index contributed by atoms with van der Waals surface area (Å²) in [4.78, 5) is 2.11. The van der Waals surface area contributed by atoms with Gasteiger partial charge in [0.1, 0.15) is 0 Å². The number of nitriles is 1. The maximum absolute atomic E-state index is 8.70. The fourth-order valence-electron chi connectivity index (χ4n) is 1.90. The minimum absolute atomic E-state index is 0.436. The standard InChI is InChI=1S/C10H14Cl2N2/c11-7-9(12)8-14(6-5-13)10-3-1-2-4-10/h7,10H,1-4,6,8H2. The van der Waals surface area contributed by atoms with Crippen LogP contribution < -0.4 is 0 Å². The molecule has 0 unspecified atom stereocenters. The van der Waals surface area contributed by atoms with Crippen LogP contribution in [0.15, 0.2) is 10.6 Å². The Labute approximate surface area is 95.1 Å². The first-order valence-electron chi connectivity index (χ1n) is 4.83. The van der Waals surface area contributed by atoms with Gasteiger partial charge >= 0.3 is 0 Å². The van der Waals surface area contributed by atoms with Gasteiger partial charge in [-0.05, 0) is 12.8 Å². The van der Waals surface area contributed by atoms with Crippen LogP contribution in [0.3, 0.4) is 0 Å². The van der Waals surface area contributed by atoms with E-state index in [2.05, 4.69) is 11.0 Å². The average Bonchev–Trinajstić information content (AvgIpc) is 2.69. The van der Waals surface area contributed by atoms with Crippen LogP contribution in [0.1, 0.15) is 25.7 Å². The van der Waals surface area contributed by atoms with Gasteiger partial charge in [-0.3, -0.25) is 4.90 Å². The molecule has 0 aromatic carbocycles. The normalized spacial score (nSPS) is 18.9. The van der Waals surface area contributed by atoms with Crippen molar-refractivity contribution in [2.45, 2.75) is 31.7 Å². The van der Waals surface area contributed by atoms with Gasteiger partial charge in [0.15, 0.2) is 0 Å². The Balaban J connectivity index is 2.50. The summed E-state index contributed by atoms with van der Waals surface area (Å²) < 4.78 is 0. The van der Waals surface area contributed by atoms with Gasteiger partial charge in [0, 0.05) is 23.2 Å². The van der Waals surface area contributed by atoms with Gasteiger partial charge in [-0.25, -0.2) is 0 Å². The fourth-order valence-corrected chi connectivity index (χ4v) is 2.13. The third kappa shape index (κ3) is 3.49. The Bertz CT molecular complexity index is 239. The lowest BCUT2D eigenvalue weighted by Gasteiger charge is -2.25. The van der Waals surface area contributed by atoms with Crippen LogP contribution in [0.2, 0.25) is 0 Å². The molecule has 0 atom stereocenters. The molecule has 1 saturated carbocycles. The predicted molar refractivity (Wildman–Crippen MR) is 59.2 cm³/mol. The van der Waals surface area contributed by atoms with E-state index in [1.54, 1.807) is 0 Å². The summed E-state index contributed by atoms with van der Waals surface area (Å²) in [5, 5.41) is 9.30. The van der Waals surface area contributed by atoms with Crippen molar-refractivity contribution >= 4 is 23.2 Å². The smallest absolute Gasteiger partial charge is 0.0871 e. The topological polar surface area (TPSA) is 27.0 Å². The summed E-state index contributed by atoms with van der Waals surface area (Å²) >= 11 is 11.4. The van der Waals surface area contributed by atoms with E-state index in [1.165, 1.54) is 31.2 Å². The monoisotopic (exact) mass is 232 g/mol. The Hall–Kier alpha value is -0.230. The molecular formula is C10H14Cl2N2. The molecule has 0 amide bonds. The molecule has 1 aliphatic carbocycles. The molecule has 0 aliphatic heterocycles. The SMILES string of the molecule is N#CCN(CC(Cl)=CCl)C1CCCC1. The van der Waals surface area contributed by atoms with Crippen molar-refractivity contribution in [1.29, 1.82) is 5.26 Å². The van der Waals surface area contributed by atoms with E-state index in [4.69, 9.17) is 28.5 Å². The first-order chi connectivity index (χ1) is 6.77. The predicted octanol–water partition coefficient (Wildman–Crippen LogP) is 3.07. The Morgan fingerprint density at radius 3 is 2.64 bits per heavy atom. The largest absolute Gasteiger partial charge is 0.282 e. The Morgan fingerprint density at radius 2 is 2.14 bits per heavy atom. The van der Waals surface area contributed by atoms with Gasteiger partial charge in [0.2, 0.25) is 0 Å². The lowest BCUT2D eigenvalue weighted by Crippen LogP contribution is -2.34. The van der Waals surface area contributed by atoms with E-state index in [-0.39, 0.29) is 0 Å². The Kier molecular flexibility index (Phi) is 5.32. The molecule has 0 N–H and O–H groups in total. The van der Waals surface area contributed by atoms with Gasteiger partial charge in [-0.1, -0.05) is 36.0 Å². The van der Waals surface area contributed by atoms with Gasteiger partial charge in [-0.2, -0.15) is 5.26 Å². The van der Waals surface area contributed by atoms with Crippen molar-refractivity contribution in [3.63, 3.8) is 0 Å². The fraction of sp³-hybridized carbons (Fsp3) is 0.700. The third-order valence-electron chi connectivity index (χ3n) is 2.59. The average molecular weight is 233 g/mol. The quantitative estimate of drug-likeness (QED) is 0.697. The number of hydrogen-bond donors (Lipinski definition) is 0. The third-order valence-corrected chi connectivity index (χ3v) is 3.19. The molecule has 2 nitrogen and oxygen atoms in total. The van der Waals surface area contributed by atoms with Crippen LogP contribution >= 0.6 is 23.2 Å². The molecule has 0 aromatic heterocycles. The second-order valence-corrected chi connectivity index (χ2v) is 4.26. The lowest BCUT2D eigenvalue weighted by atomic mass is 10.2. The highest BCUT2D eigenvalue weighted by Gasteiger charge is 2.22. The van der Waals surface area contributed by atoms with E-state index >= 15 is 0 Å². The molecule has 4 heteroatoms. The minimum atomic E-state index is 0.436. The molecule has 14 heavy (non-hydrogen) atoms. The zero-order chi connectivity index (χ0) is 10.4. The van der Waals surface area contributed by atoms with Crippen LogP contribution in [0, 0.1) is 11.3 Å². The van der Waals surface area contributed by atoms with Crippen LogP contribution in [-0.2, 0) is 0 Å². The zero-order valence-corrected chi connectivity index (χ0v) is 9.56. The second kappa shape index (κ2) is 6.29. The van der Waals surface area contributed by atoms with Gasteiger partial charge in [0.05, 0.1) is 12.6 Å². The number of hydrogen-bond acceptors (Lipinski definition) is 2. The van der Waals surface area contributed by atoms with E-state index < -0.39 is 0 Å². The number of nitrogens with zero attached hydrogens (tertiary/aromatic N) is 2. The summed E-state index contributed by atoms with van der Waals surface area (Å²) in [7, 11) is 0. The van der Waals surface area contributed by atoms with Crippen molar-refractivity contribution in [3.8, 4) is 6.07 Å². The van der Waals surface area contributed by atoms with Gasteiger partial charge in [-0.15, -0.1) is 0 Å². The second-order valence-electron chi connectivity index (χ2n) is 3.56. The van der Waals surface area contributed by atoms with Crippen molar-refractivity contribution < 1.29 is 0 Å². The van der Waals surface area contributed by atoms with Gasteiger partial charge < -0.3 is 0 Å². The summed E-state index contributed by atoms with van der Waals surface area (Å²) in [5.41, 5.74) is 1.38. The molecule has 1 aliphatic rings. The summed E-state index contributed by atoms with van der Waals surface area (Å²) in [6.07, 6.45) is 4.87. The van der Waals surface area contributed by atoms with Crippen LogP contribution in [0.4, 0.5) is 0 Å². The summed E-state index contributed by atoms with van der Waals surface area (Å²) in [6, 6.07) is 2.69. The first-order valence-corrected chi connectivity index (χ1v) is 5.65. The molecule has 0 heterocycles. The van der Waals surface area contributed by atoms with Crippen LogP contribution in [0.5, 0.6) is 0 Å². The molecule has 0 radical (unpaired) electrons. The highest BCUT2D eigenvalue weighted by Crippen LogP contribution is 2.24. The first kappa shape index (κ1) is 11.8. The number of halogens is 2. The molecular weight excluding hydrogens is 219 g/mol. The maximum Gasteiger partial charge on any atom is 0.0871 e. The maximum atomic E-state index is 8.70. The lowest BCUT2D eigenvalue weighted by molar-refractivity contribution is 0.245. The summed E-state index contributed by atoms with van der Waals surface area (Å²) in [5.74, 6) is 0. The molecule has 0 spiro atoms.